The van der Waals surface area contributed by atoms with E-state index < -0.39 is 12.0 Å². The van der Waals surface area contributed by atoms with Gasteiger partial charge in [0, 0.05) is 26.2 Å². The number of nitrogens with one attached hydrogen (secondary N) is 2. The van der Waals surface area contributed by atoms with E-state index in [1.165, 1.54) is 0 Å². The van der Waals surface area contributed by atoms with Crippen LogP contribution in [0.4, 0.5) is 0 Å². The van der Waals surface area contributed by atoms with E-state index in [2.05, 4.69) is 5.32 Å². The van der Waals surface area contributed by atoms with E-state index in [0.29, 0.717) is 39.0 Å². The van der Waals surface area contributed by atoms with E-state index in [1.54, 1.807) is 4.90 Å². The number of aliphatic hydroxyl groups excluding tert-OH is 3. The normalized spacial score (nSPS) is 11.5. The number of aliphatic hydroxyl groups is 3. The highest BCUT2D eigenvalue weighted by Crippen LogP contribution is 1.92. The topological polar surface area (TPSA) is 189 Å². The Morgan fingerprint density at radius 3 is 1.91 bits per heavy atom. The molecule has 0 aromatic rings. The standard InChI is InChI=1S/C6H14N4O2.C6H15NO3/c7-4(5(11)12)2-1-3-10-6(8)9;8-4-1-7(2-5-9)3-6-10/h4H,1-3,7H2,(H,11,12)(H4,8,9,10);8-10H,1-6H2. The zero-order chi connectivity index (χ0) is 17.4. The molecule has 10 N–H and O–H groups in total. The van der Waals surface area contributed by atoms with Crippen molar-refractivity contribution in [2.45, 2.75) is 18.9 Å². The molecule has 0 heterocycles. The molecular weight excluding hydrogens is 294 g/mol. The summed E-state index contributed by atoms with van der Waals surface area (Å²) >= 11 is 0. The maximum absolute atomic E-state index is 10.2. The van der Waals surface area contributed by atoms with Gasteiger partial charge in [0.2, 0.25) is 0 Å². The van der Waals surface area contributed by atoms with Gasteiger partial charge < -0.3 is 37.2 Å². The second-order valence-electron chi connectivity index (χ2n) is 4.44. The van der Waals surface area contributed by atoms with Gasteiger partial charge in [-0.15, -0.1) is 0 Å². The molecule has 0 aliphatic rings. The second kappa shape index (κ2) is 15.9. The van der Waals surface area contributed by atoms with Crippen LogP contribution in [0.15, 0.2) is 0 Å². The molecule has 0 aromatic carbocycles. The molecule has 132 valence electrons. The number of hydrogen-bond donors (Lipinski definition) is 8. The molecule has 0 aliphatic carbocycles. The number of rotatable bonds is 11. The molecule has 1 atom stereocenters. The SMILES string of the molecule is N=C(N)NCCCC(N)C(=O)O.OCCN(CCO)CCO. The minimum atomic E-state index is -1.00. The average Bonchev–Trinajstić information content (AvgIpc) is 2.44. The van der Waals surface area contributed by atoms with E-state index in [9.17, 15) is 4.79 Å². The number of guanidine groups is 1. The molecule has 10 nitrogen and oxygen atoms in total. The summed E-state index contributed by atoms with van der Waals surface area (Å²) < 4.78 is 0. The summed E-state index contributed by atoms with van der Waals surface area (Å²) in [6.07, 6.45) is 0.975. The van der Waals surface area contributed by atoms with Crippen LogP contribution in [0.2, 0.25) is 0 Å². The molecule has 1 unspecified atom stereocenters. The summed E-state index contributed by atoms with van der Waals surface area (Å²) in [7, 11) is 0. The lowest BCUT2D eigenvalue weighted by atomic mass is 10.2. The molecule has 0 aromatic heterocycles. The second-order valence-corrected chi connectivity index (χ2v) is 4.44. The largest absolute Gasteiger partial charge is 0.480 e. The molecule has 0 spiro atoms. The Labute approximate surface area is 130 Å². The lowest BCUT2D eigenvalue weighted by Crippen LogP contribution is -2.34. The quantitative estimate of drug-likeness (QED) is 0.111. The van der Waals surface area contributed by atoms with Crippen molar-refractivity contribution in [3.63, 3.8) is 0 Å². The van der Waals surface area contributed by atoms with Gasteiger partial charge >= 0.3 is 5.97 Å². The lowest BCUT2D eigenvalue weighted by Gasteiger charge is -2.17. The van der Waals surface area contributed by atoms with Crippen molar-refractivity contribution >= 4 is 11.9 Å². The monoisotopic (exact) mass is 323 g/mol. The van der Waals surface area contributed by atoms with Crippen LogP contribution >= 0.6 is 0 Å². The molecule has 0 amide bonds. The smallest absolute Gasteiger partial charge is 0.320 e. The zero-order valence-electron chi connectivity index (χ0n) is 12.7. The summed E-state index contributed by atoms with van der Waals surface area (Å²) in [6.45, 7) is 2.24. The molecule has 0 saturated carbocycles. The summed E-state index contributed by atoms with van der Waals surface area (Å²) in [6, 6.07) is -0.821. The van der Waals surface area contributed by atoms with Crippen LogP contribution in [-0.2, 0) is 4.79 Å². The molecule has 22 heavy (non-hydrogen) atoms. The fourth-order valence-corrected chi connectivity index (χ4v) is 1.43. The van der Waals surface area contributed by atoms with Crippen molar-refractivity contribution in [2.75, 3.05) is 46.0 Å². The number of carboxylic acid groups (broad SMARTS) is 1. The minimum Gasteiger partial charge on any atom is -0.480 e. The first-order valence-corrected chi connectivity index (χ1v) is 7.00. The van der Waals surface area contributed by atoms with Crippen molar-refractivity contribution in [2.24, 2.45) is 11.5 Å². The Morgan fingerprint density at radius 2 is 1.59 bits per heavy atom. The molecule has 0 fully saturated rings. The van der Waals surface area contributed by atoms with Gasteiger partial charge in [-0.25, -0.2) is 0 Å². The number of nitrogens with two attached hydrogens (primary N) is 2. The van der Waals surface area contributed by atoms with Crippen molar-refractivity contribution in [3.8, 4) is 0 Å². The van der Waals surface area contributed by atoms with Crippen LogP contribution in [0, 0.1) is 5.41 Å². The number of hydrogen-bond acceptors (Lipinski definition) is 7. The average molecular weight is 323 g/mol. The van der Waals surface area contributed by atoms with Crippen molar-refractivity contribution in [3.05, 3.63) is 0 Å². The third-order valence-electron chi connectivity index (χ3n) is 2.57. The summed E-state index contributed by atoms with van der Waals surface area (Å²) in [5.41, 5.74) is 10.2. The highest BCUT2D eigenvalue weighted by Gasteiger charge is 2.09. The number of nitrogens with zero attached hydrogens (tertiary/aromatic N) is 1. The molecule has 0 rings (SSSR count). The Kier molecular flexibility index (Phi) is 16.5. The third-order valence-corrected chi connectivity index (χ3v) is 2.57. The first-order chi connectivity index (χ1) is 10.4. The van der Waals surface area contributed by atoms with Crippen LogP contribution in [0.5, 0.6) is 0 Å². The Balaban J connectivity index is 0. The van der Waals surface area contributed by atoms with Crippen LogP contribution in [-0.4, -0.2) is 89.3 Å². The van der Waals surface area contributed by atoms with Gasteiger partial charge in [0.15, 0.2) is 5.96 Å². The summed E-state index contributed by atoms with van der Waals surface area (Å²) in [5.74, 6) is -1.11. The van der Waals surface area contributed by atoms with Gasteiger partial charge in [0.25, 0.3) is 0 Å². The molecule has 0 bridgehead atoms. The van der Waals surface area contributed by atoms with E-state index in [-0.39, 0.29) is 25.8 Å². The van der Waals surface area contributed by atoms with Gasteiger partial charge in [-0.1, -0.05) is 0 Å². The Bertz CT molecular complexity index is 279. The molecule has 0 radical (unpaired) electrons. The predicted molar refractivity (Wildman–Crippen MR) is 82.5 cm³/mol. The van der Waals surface area contributed by atoms with E-state index >= 15 is 0 Å². The van der Waals surface area contributed by atoms with E-state index in [4.69, 9.17) is 37.3 Å². The lowest BCUT2D eigenvalue weighted by molar-refractivity contribution is -0.138. The van der Waals surface area contributed by atoms with Crippen LogP contribution in [0.1, 0.15) is 12.8 Å². The first kappa shape index (κ1) is 22.8. The molecule has 0 aliphatic heterocycles. The number of carboxylic acids is 1. The van der Waals surface area contributed by atoms with Crippen LogP contribution in [0.25, 0.3) is 0 Å². The van der Waals surface area contributed by atoms with Gasteiger partial charge in [0.05, 0.1) is 19.8 Å². The molecule has 10 heteroatoms. The first-order valence-electron chi connectivity index (χ1n) is 7.00. The zero-order valence-corrected chi connectivity index (χ0v) is 12.7. The van der Waals surface area contributed by atoms with Gasteiger partial charge in [-0.2, -0.15) is 0 Å². The van der Waals surface area contributed by atoms with Gasteiger partial charge in [-0.05, 0) is 12.8 Å². The highest BCUT2D eigenvalue weighted by molar-refractivity contribution is 5.74. The fraction of sp³-hybridized carbons (Fsp3) is 0.833. The van der Waals surface area contributed by atoms with Gasteiger partial charge in [0.1, 0.15) is 6.04 Å². The fourth-order valence-electron chi connectivity index (χ4n) is 1.43. The Hall–Kier alpha value is -1.46. The maximum Gasteiger partial charge on any atom is 0.320 e. The molecular formula is C12H29N5O5. The van der Waals surface area contributed by atoms with E-state index in [0.717, 1.165) is 0 Å². The Morgan fingerprint density at radius 1 is 1.14 bits per heavy atom. The van der Waals surface area contributed by atoms with Crippen molar-refractivity contribution in [1.82, 2.24) is 10.2 Å². The number of carbonyl (C=O) groups is 1. The van der Waals surface area contributed by atoms with E-state index in [1.807, 2.05) is 0 Å². The predicted octanol–water partition coefficient (Wildman–Crippen LogP) is -3.07. The minimum absolute atomic E-state index is 0.0694. The van der Waals surface area contributed by atoms with Crippen LogP contribution in [0.3, 0.4) is 0 Å². The molecule has 0 saturated heterocycles. The van der Waals surface area contributed by atoms with Crippen molar-refractivity contribution in [1.29, 1.82) is 5.41 Å². The van der Waals surface area contributed by atoms with Crippen LogP contribution < -0.4 is 16.8 Å². The maximum atomic E-state index is 10.2. The highest BCUT2D eigenvalue weighted by atomic mass is 16.4. The summed E-state index contributed by atoms with van der Waals surface area (Å²) in [5, 5.41) is 43.2. The van der Waals surface area contributed by atoms with Gasteiger partial charge in [-0.3, -0.25) is 15.1 Å². The summed E-state index contributed by atoms with van der Waals surface area (Å²) in [4.78, 5) is 12.0. The third kappa shape index (κ3) is 16.6. The van der Waals surface area contributed by atoms with Crippen molar-refractivity contribution < 1.29 is 25.2 Å². The number of aliphatic carboxylic acids is 1.